The van der Waals surface area contributed by atoms with E-state index in [-0.39, 0.29) is 50.1 Å². The Kier molecular flexibility index (Phi) is 11.1. The predicted octanol–water partition coefficient (Wildman–Crippen LogP) is 1.46. The summed E-state index contributed by atoms with van der Waals surface area (Å²) in [5.41, 5.74) is -1.10. The molecule has 0 radical (unpaired) electrons. The average molecular weight is 496 g/mol. The van der Waals surface area contributed by atoms with Crippen LogP contribution in [0.5, 0.6) is 0 Å². The van der Waals surface area contributed by atoms with Crippen molar-refractivity contribution in [2.45, 2.75) is 78.7 Å². The van der Waals surface area contributed by atoms with Crippen molar-refractivity contribution in [3.8, 4) is 0 Å². The Labute approximate surface area is 205 Å². The lowest BCUT2D eigenvalue weighted by Gasteiger charge is -2.34. The average Bonchev–Trinajstić information content (AvgIpc) is 3.00. The van der Waals surface area contributed by atoms with Crippen LogP contribution in [0.3, 0.4) is 0 Å². The minimum atomic E-state index is -1.30. The lowest BCUT2D eigenvalue weighted by Crippen LogP contribution is -2.49. The number of hydrogen-bond acceptors (Lipinski definition) is 6. The Bertz CT molecular complexity index is 845. The topological polar surface area (TPSA) is 170 Å². The molecule has 1 heterocycles. The molecule has 0 fully saturated rings. The molecule has 1 atom stereocenters. The van der Waals surface area contributed by atoms with Gasteiger partial charge in [-0.25, -0.2) is 4.79 Å². The number of amides is 4. The summed E-state index contributed by atoms with van der Waals surface area (Å²) in [6.07, 6.45) is 4.65. The molecule has 0 aromatic carbocycles. The summed E-state index contributed by atoms with van der Waals surface area (Å²) in [5, 5.41) is 23.4. The van der Waals surface area contributed by atoms with Crippen molar-refractivity contribution in [3.05, 3.63) is 12.2 Å². The van der Waals surface area contributed by atoms with Gasteiger partial charge in [-0.15, -0.1) is 0 Å². The van der Waals surface area contributed by atoms with Crippen molar-refractivity contribution in [3.63, 3.8) is 0 Å². The first kappa shape index (κ1) is 29.8. The Morgan fingerprint density at radius 2 is 1.46 bits per heavy atom. The molecule has 11 heteroatoms. The summed E-state index contributed by atoms with van der Waals surface area (Å²) < 4.78 is 0. The number of rotatable bonds is 16. The zero-order valence-corrected chi connectivity index (χ0v) is 20.9. The molecule has 0 aromatic rings. The second-order valence-corrected chi connectivity index (χ2v) is 10.5. The van der Waals surface area contributed by atoms with E-state index in [1.807, 2.05) is 13.8 Å². The number of nitrogens with zero attached hydrogens (tertiary/aromatic N) is 1. The predicted molar refractivity (Wildman–Crippen MR) is 126 cm³/mol. The number of nitrogens with one attached hydrogen (secondary N) is 2. The first-order valence-electron chi connectivity index (χ1n) is 11.7. The van der Waals surface area contributed by atoms with Gasteiger partial charge in [0, 0.05) is 38.1 Å². The van der Waals surface area contributed by atoms with Crippen LogP contribution in [-0.2, 0) is 28.8 Å². The van der Waals surface area contributed by atoms with Gasteiger partial charge in [0.05, 0.1) is 6.42 Å². The fourth-order valence-corrected chi connectivity index (χ4v) is 4.40. The molecule has 4 amide bonds. The Balaban J connectivity index is 2.39. The summed E-state index contributed by atoms with van der Waals surface area (Å²) >= 11 is 0. The van der Waals surface area contributed by atoms with Gasteiger partial charge >= 0.3 is 11.9 Å². The second kappa shape index (κ2) is 13.0. The highest BCUT2D eigenvalue weighted by Crippen LogP contribution is 2.38. The fraction of sp³-hybridized carbons (Fsp3) is 0.667. The quantitative estimate of drug-likeness (QED) is 0.184. The third-order valence-electron chi connectivity index (χ3n) is 5.55. The van der Waals surface area contributed by atoms with Crippen molar-refractivity contribution >= 4 is 35.6 Å². The minimum absolute atomic E-state index is 0.00528. The maximum absolute atomic E-state index is 12.5. The maximum Gasteiger partial charge on any atom is 0.328 e. The second-order valence-electron chi connectivity index (χ2n) is 10.5. The smallest absolute Gasteiger partial charge is 0.328 e. The highest BCUT2D eigenvalue weighted by atomic mass is 16.4. The van der Waals surface area contributed by atoms with Crippen LogP contribution in [0.25, 0.3) is 0 Å². The van der Waals surface area contributed by atoms with Crippen LogP contribution < -0.4 is 10.6 Å². The van der Waals surface area contributed by atoms with E-state index in [1.54, 1.807) is 13.8 Å². The van der Waals surface area contributed by atoms with E-state index in [4.69, 9.17) is 5.11 Å². The van der Waals surface area contributed by atoms with E-state index in [9.17, 15) is 33.9 Å². The highest BCUT2D eigenvalue weighted by molar-refractivity contribution is 6.12. The van der Waals surface area contributed by atoms with Crippen LogP contribution in [0.2, 0.25) is 0 Å². The van der Waals surface area contributed by atoms with Crippen molar-refractivity contribution in [1.82, 2.24) is 15.5 Å². The molecule has 0 bridgehead atoms. The van der Waals surface area contributed by atoms with Crippen LogP contribution in [0.15, 0.2) is 12.2 Å². The summed E-state index contributed by atoms with van der Waals surface area (Å²) in [6, 6.07) is -1.30. The zero-order valence-electron chi connectivity index (χ0n) is 20.9. The molecular formula is C24H37N3O8. The molecule has 1 rings (SSSR count). The molecule has 0 saturated carbocycles. The molecule has 196 valence electrons. The number of carboxylic acid groups (broad SMARTS) is 2. The molecule has 1 unspecified atom stereocenters. The normalized spacial score (nSPS) is 14.7. The van der Waals surface area contributed by atoms with E-state index in [2.05, 4.69) is 10.6 Å². The van der Waals surface area contributed by atoms with Crippen molar-refractivity contribution in [1.29, 1.82) is 0 Å². The lowest BCUT2D eigenvalue weighted by atomic mass is 9.72. The van der Waals surface area contributed by atoms with Crippen molar-refractivity contribution < 1.29 is 39.0 Å². The fourth-order valence-electron chi connectivity index (χ4n) is 4.40. The number of carbonyl (C=O) groups excluding carboxylic acids is 4. The van der Waals surface area contributed by atoms with E-state index < -0.39 is 34.7 Å². The van der Waals surface area contributed by atoms with E-state index in [1.165, 1.54) is 12.2 Å². The molecular weight excluding hydrogens is 458 g/mol. The number of unbranched alkanes of at least 4 members (excludes halogenated alkanes) is 2. The molecule has 11 nitrogen and oxygen atoms in total. The highest BCUT2D eigenvalue weighted by Gasteiger charge is 2.33. The SMILES string of the molecule is CC(C)(CC(=O)O)CC(C)(C)CC(=O)NC(CNC(=O)CCCCCN1C(=O)C=CC1=O)C(=O)O. The molecule has 0 saturated heterocycles. The summed E-state index contributed by atoms with van der Waals surface area (Å²) in [7, 11) is 0. The first-order valence-corrected chi connectivity index (χ1v) is 11.7. The monoisotopic (exact) mass is 495 g/mol. The number of carbonyl (C=O) groups is 6. The van der Waals surface area contributed by atoms with Gasteiger partial charge in [-0.1, -0.05) is 34.1 Å². The largest absolute Gasteiger partial charge is 0.481 e. The van der Waals surface area contributed by atoms with E-state index in [0.717, 1.165) is 4.90 Å². The molecule has 1 aliphatic rings. The van der Waals surface area contributed by atoms with Gasteiger partial charge in [-0.2, -0.15) is 0 Å². The number of hydrogen-bond donors (Lipinski definition) is 4. The Hall–Kier alpha value is -3.24. The van der Waals surface area contributed by atoms with Gasteiger partial charge < -0.3 is 20.8 Å². The third kappa shape index (κ3) is 11.6. The molecule has 0 aliphatic carbocycles. The third-order valence-corrected chi connectivity index (χ3v) is 5.55. The van der Waals surface area contributed by atoms with Crippen LogP contribution in [0.1, 0.15) is 72.6 Å². The molecule has 1 aliphatic heterocycles. The standard InChI is InChI=1S/C24H37N3O8/c1-23(2,15-24(3,4)13-21(32)33)12-18(29)26-16(22(34)35)14-25-17(28)8-6-5-7-11-27-19(30)9-10-20(27)31/h9-10,16H,5-8,11-15H2,1-4H3,(H,25,28)(H,26,29)(H,32,33)(H,34,35). The summed E-state index contributed by atoms with van der Waals surface area (Å²) in [5.74, 6) is -3.76. The lowest BCUT2D eigenvalue weighted by molar-refractivity contribution is -0.142. The Morgan fingerprint density at radius 3 is 2.00 bits per heavy atom. The first-order chi connectivity index (χ1) is 16.1. The van der Waals surface area contributed by atoms with Gasteiger partial charge in [0.1, 0.15) is 6.04 Å². The number of imide groups is 1. The molecule has 0 aromatic heterocycles. The van der Waals surface area contributed by atoms with Gasteiger partial charge in [0.25, 0.3) is 11.8 Å². The van der Waals surface area contributed by atoms with Crippen molar-refractivity contribution in [2.75, 3.05) is 13.1 Å². The van der Waals surface area contributed by atoms with Gasteiger partial charge in [0.2, 0.25) is 11.8 Å². The number of aliphatic carboxylic acids is 2. The van der Waals surface area contributed by atoms with Gasteiger partial charge in [-0.3, -0.25) is 28.9 Å². The molecule has 4 N–H and O–H groups in total. The molecule has 0 spiro atoms. The zero-order chi connectivity index (χ0) is 26.8. The summed E-state index contributed by atoms with van der Waals surface area (Å²) in [6.45, 7) is 7.26. The van der Waals surface area contributed by atoms with E-state index in [0.29, 0.717) is 25.7 Å². The van der Waals surface area contributed by atoms with Crippen LogP contribution in [0, 0.1) is 10.8 Å². The van der Waals surface area contributed by atoms with Crippen molar-refractivity contribution in [2.24, 2.45) is 10.8 Å². The van der Waals surface area contributed by atoms with Gasteiger partial charge in [0.15, 0.2) is 0 Å². The Morgan fingerprint density at radius 1 is 0.886 bits per heavy atom. The van der Waals surface area contributed by atoms with E-state index >= 15 is 0 Å². The molecule has 35 heavy (non-hydrogen) atoms. The summed E-state index contributed by atoms with van der Waals surface area (Å²) in [4.78, 5) is 71.2. The number of carboxylic acids is 2. The van der Waals surface area contributed by atoms with Crippen LogP contribution in [0.4, 0.5) is 0 Å². The minimum Gasteiger partial charge on any atom is -0.481 e. The van der Waals surface area contributed by atoms with Crippen LogP contribution >= 0.6 is 0 Å². The maximum atomic E-state index is 12.5. The van der Waals surface area contributed by atoms with Crippen LogP contribution in [-0.4, -0.2) is 69.8 Å². The van der Waals surface area contributed by atoms with Gasteiger partial charge in [-0.05, 0) is 30.1 Å².